The maximum atomic E-state index is 12.2. The minimum atomic E-state index is -3.24. The van der Waals surface area contributed by atoms with Gasteiger partial charge >= 0.3 is 0 Å². The molecule has 2 N–H and O–H groups in total. The zero-order valence-corrected chi connectivity index (χ0v) is 20.1. The largest absolute Gasteiger partial charge is 0.494 e. The van der Waals surface area contributed by atoms with Crippen LogP contribution in [0.3, 0.4) is 0 Å². The van der Waals surface area contributed by atoms with Crippen molar-refractivity contribution in [3.8, 4) is 5.75 Å². The topological polar surface area (TPSA) is 83.0 Å². The summed E-state index contributed by atoms with van der Waals surface area (Å²) in [7, 11) is -1.58. The molecule has 0 amide bonds. The zero-order valence-electron chi connectivity index (χ0n) is 16.9. The molecule has 0 aliphatic heterocycles. The van der Waals surface area contributed by atoms with Crippen LogP contribution in [-0.4, -0.2) is 57.7 Å². The summed E-state index contributed by atoms with van der Waals surface area (Å²) in [6.45, 7) is 10.1. The molecule has 0 saturated heterocycles. The Hall–Kier alpha value is -1.07. The lowest BCUT2D eigenvalue weighted by molar-refractivity contribution is 0.336. The number of sulfonamides is 1. The molecule has 0 heterocycles. The standard InChI is InChI=1S/C18H32N4O3S.HI/c1-6-22(7-2)26(23,24)12-11-20-18(19-5)21-14-16-10-9-15(4)13-17(16)25-8-3;/h9-10,13H,6-8,11-12,14H2,1-5H3,(H2,19,20,21);1H. The summed E-state index contributed by atoms with van der Waals surface area (Å²) in [6.07, 6.45) is 0. The summed E-state index contributed by atoms with van der Waals surface area (Å²) in [5.74, 6) is 1.44. The Morgan fingerprint density at radius 3 is 2.41 bits per heavy atom. The second-order valence-corrected chi connectivity index (χ2v) is 7.89. The average Bonchev–Trinajstić information content (AvgIpc) is 2.60. The number of benzene rings is 1. The number of hydrogen-bond acceptors (Lipinski definition) is 4. The lowest BCUT2D eigenvalue weighted by Gasteiger charge is -2.19. The summed E-state index contributed by atoms with van der Waals surface area (Å²) in [6, 6.07) is 6.06. The second-order valence-electron chi connectivity index (χ2n) is 5.80. The van der Waals surface area contributed by atoms with Gasteiger partial charge in [0.15, 0.2) is 5.96 Å². The van der Waals surface area contributed by atoms with E-state index >= 15 is 0 Å². The van der Waals surface area contributed by atoms with Crippen molar-refractivity contribution in [1.29, 1.82) is 0 Å². The first-order chi connectivity index (χ1) is 12.4. The van der Waals surface area contributed by atoms with Gasteiger partial charge in [-0.25, -0.2) is 12.7 Å². The van der Waals surface area contributed by atoms with E-state index in [4.69, 9.17) is 4.74 Å². The van der Waals surface area contributed by atoms with E-state index in [0.717, 1.165) is 16.9 Å². The third-order valence-corrected chi connectivity index (χ3v) is 5.97. The first-order valence-electron chi connectivity index (χ1n) is 9.02. The van der Waals surface area contributed by atoms with Crippen LogP contribution in [0.5, 0.6) is 5.75 Å². The fraction of sp³-hybridized carbons (Fsp3) is 0.611. The molecule has 0 bridgehead atoms. The van der Waals surface area contributed by atoms with Gasteiger partial charge in [-0.3, -0.25) is 4.99 Å². The molecule has 0 atom stereocenters. The third kappa shape index (κ3) is 8.65. The molecule has 1 aromatic rings. The summed E-state index contributed by atoms with van der Waals surface area (Å²) in [4.78, 5) is 4.15. The van der Waals surface area contributed by atoms with Crippen molar-refractivity contribution in [2.75, 3.05) is 39.0 Å². The highest BCUT2D eigenvalue weighted by atomic mass is 127. The molecule has 0 saturated carbocycles. The second kappa shape index (κ2) is 13.2. The molecule has 7 nitrogen and oxygen atoms in total. The van der Waals surface area contributed by atoms with Crippen molar-refractivity contribution in [3.63, 3.8) is 0 Å². The molecular formula is C18H33IN4O3S. The Balaban J connectivity index is 0.00000676. The Kier molecular flexibility index (Phi) is 12.6. The number of ether oxygens (including phenoxy) is 1. The van der Waals surface area contributed by atoms with Crippen molar-refractivity contribution in [2.24, 2.45) is 4.99 Å². The van der Waals surface area contributed by atoms with Gasteiger partial charge in [-0.05, 0) is 25.5 Å². The molecule has 0 aliphatic carbocycles. The Labute approximate surface area is 181 Å². The number of aryl methyl sites for hydroxylation is 1. The molecule has 156 valence electrons. The van der Waals surface area contributed by atoms with Crippen LogP contribution in [0.1, 0.15) is 31.9 Å². The van der Waals surface area contributed by atoms with Gasteiger partial charge in [-0.1, -0.05) is 26.0 Å². The number of nitrogens with zero attached hydrogens (tertiary/aromatic N) is 2. The predicted octanol–water partition coefficient (Wildman–Crippen LogP) is 2.35. The smallest absolute Gasteiger partial charge is 0.215 e. The van der Waals surface area contributed by atoms with Gasteiger partial charge in [0.25, 0.3) is 0 Å². The van der Waals surface area contributed by atoms with Crippen LogP contribution in [0.4, 0.5) is 0 Å². The van der Waals surface area contributed by atoms with E-state index in [2.05, 4.69) is 15.6 Å². The fourth-order valence-electron chi connectivity index (χ4n) is 2.54. The summed E-state index contributed by atoms with van der Waals surface area (Å²) >= 11 is 0. The maximum absolute atomic E-state index is 12.2. The van der Waals surface area contributed by atoms with Gasteiger partial charge in [0.1, 0.15) is 5.75 Å². The number of guanidine groups is 1. The molecule has 0 aromatic heterocycles. The van der Waals surface area contributed by atoms with Gasteiger partial charge < -0.3 is 15.4 Å². The quantitative estimate of drug-likeness (QED) is 0.286. The Morgan fingerprint density at radius 2 is 1.85 bits per heavy atom. The van der Waals surface area contributed by atoms with Crippen molar-refractivity contribution < 1.29 is 13.2 Å². The van der Waals surface area contributed by atoms with E-state index in [1.165, 1.54) is 4.31 Å². The molecule has 0 radical (unpaired) electrons. The van der Waals surface area contributed by atoms with Crippen LogP contribution in [0.2, 0.25) is 0 Å². The van der Waals surface area contributed by atoms with Gasteiger partial charge in [-0.15, -0.1) is 24.0 Å². The molecule has 1 rings (SSSR count). The first kappa shape index (κ1) is 25.9. The van der Waals surface area contributed by atoms with E-state index in [1.54, 1.807) is 7.05 Å². The monoisotopic (exact) mass is 512 g/mol. The first-order valence-corrected chi connectivity index (χ1v) is 10.6. The van der Waals surface area contributed by atoms with Crippen LogP contribution in [0, 0.1) is 6.92 Å². The molecule has 0 fully saturated rings. The van der Waals surface area contributed by atoms with Crippen molar-refractivity contribution in [3.05, 3.63) is 29.3 Å². The number of nitrogens with one attached hydrogen (secondary N) is 2. The molecule has 27 heavy (non-hydrogen) atoms. The van der Waals surface area contributed by atoms with E-state index in [1.807, 2.05) is 45.9 Å². The minimum Gasteiger partial charge on any atom is -0.494 e. The van der Waals surface area contributed by atoms with Gasteiger partial charge in [-0.2, -0.15) is 0 Å². The van der Waals surface area contributed by atoms with Crippen LogP contribution >= 0.6 is 24.0 Å². The number of rotatable bonds is 10. The summed E-state index contributed by atoms with van der Waals surface area (Å²) in [5, 5.41) is 6.25. The van der Waals surface area contributed by atoms with Crippen molar-refractivity contribution >= 4 is 40.0 Å². The van der Waals surface area contributed by atoms with Crippen LogP contribution in [0.15, 0.2) is 23.2 Å². The van der Waals surface area contributed by atoms with Crippen LogP contribution in [0.25, 0.3) is 0 Å². The predicted molar refractivity (Wildman–Crippen MR) is 123 cm³/mol. The van der Waals surface area contributed by atoms with E-state index < -0.39 is 10.0 Å². The summed E-state index contributed by atoms with van der Waals surface area (Å²) in [5.41, 5.74) is 2.16. The Morgan fingerprint density at radius 1 is 1.19 bits per heavy atom. The van der Waals surface area contributed by atoms with Gasteiger partial charge in [0, 0.05) is 38.8 Å². The highest BCUT2D eigenvalue weighted by molar-refractivity contribution is 14.0. The molecule has 9 heteroatoms. The summed E-state index contributed by atoms with van der Waals surface area (Å²) < 4.78 is 31.5. The van der Waals surface area contributed by atoms with E-state index in [-0.39, 0.29) is 29.7 Å². The highest BCUT2D eigenvalue weighted by Gasteiger charge is 2.18. The van der Waals surface area contributed by atoms with E-state index in [9.17, 15) is 8.42 Å². The lowest BCUT2D eigenvalue weighted by Crippen LogP contribution is -2.41. The number of hydrogen-bond donors (Lipinski definition) is 2. The Bertz CT molecular complexity index is 692. The average molecular weight is 512 g/mol. The highest BCUT2D eigenvalue weighted by Crippen LogP contribution is 2.20. The maximum Gasteiger partial charge on any atom is 0.215 e. The normalized spacial score (nSPS) is 11.9. The third-order valence-electron chi connectivity index (χ3n) is 3.94. The molecular weight excluding hydrogens is 479 g/mol. The molecule has 0 unspecified atom stereocenters. The number of aliphatic imine (C=N–C) groups is 1. The van der Waals surface area contributed by atoms with Gasteiger partial charge in [0.2, 0.25) is 10.0 Å². The van der Waals surface area contributed by atoms with E-state index in [0.29, 0.717) is 38.7 Å². The van der Waals surface area contributed by atoms with Crippen molar-refractivity contribution in [2.45, 2.75) is 34.2 Å². The molecule has 1 aromatic carbocycles. The van der Waals surface area contributed by atoms with Crippen LogP contribution in [-0.2, 0) is 16.6 Å². The molecule has 0 spiro atoms. The molecule has 0 aliphatic rings. The fourth-order valence-corrected chi connectivity index (χ4v) is 3.95. The lowest BCUT2D eigenvalue weighted by atomic mass is 10.1. The van der Waals surface area contributed by atoms with Crippen molar-refractivity contribution in [1.82, 2.24) is 14.9 Å². The van der Waals surface area contributed by atoms with Gasteiger partial charge in [0.05, 0.1) is 12.4 Å². The zero-order chi connectivity index (χ0) is 19.6. The minimum absolute atomic E-state index is 0. The van der Waals surface area contributed by atoms with Crippen LogP contribution < -0.4 is 15.4 Å². The SMILES string of the molecule is CCOc1cc(C)ccc1CNC(=NC)NCCS(=O)(=O)N(CC)CC.I. The number of halogens is 1.